The lowest BCUT2D eigenvalue weighted by atomic mass is 10.4. The van der Waals surface area contributed by atoms with E-state index in [1.807, 2.05) is 6.92 Å². The minimum Gasteiger partial charge on any atom is -0.370 e. The number of hydrogen-bond donors (Lipinski definition) is 10. The highest BCUT2D eigenvalue weighted by Crippen LogP contribution is 1.84. The van der Waals surface area contributed by atoms with Crippen molar-refractivity contribution in [2.75, 3.05) is 0 Å². The highest BCUT2D eigenvalue weighted by Gasteiger charge is 2.09. The average Bonchev–Trinajstić information content (AvgIpc) is 2.13. The van der Waals surface area contributed by atoms with Crippen molar-refractivity contribution in [3.63, 3.8) is 0 Å². The molecule has 10 nitrogen and oxygen atoms in total. The molecular formula is C7H18N10. The summed E-state index contributed by atoms with van der Waals surface area (Å²) in [5, 5.41) is 38.5. The van der Waals surface area contributed by atoms with E-state index < -0.39 is 6.17 Å². The first-order valence-corrected chi connectivity index (χ1v) is 4.77. The van der Waals surface area contributed by atoms with Crippen LogP contribution in [0.25, 0.3) is 0 Å². The molecule has 0 unspecified atom stereocenters. The zero-order valence-electron chi connectivity index (χ0n) is 9.44. The Morgan fingerprint density at radius 1 is 0.941 bits per heavy atom. The van der Waals surface area contributed by atoms with Crippen LogP contribution in [-0.2, 0) is 0 Å². The Kier molecular flexibility index (Phi) is 5.85. The van der Waals surface area contributed by atoms with Crippen molar-refractivity contribution in [3.05, 3.63) is 0 Å². The SMILES string of the molecule is CCC(NC(=N)NC(=N)N)NC(=N)NC(=N)N. The van der Waals surface area contributed by atoms with Gasteiger partial charge in [-0.15, -0.1) is 0 Å². The molecule has 0 radical (unpaired) electrons. The Labute approximate surface area is 98.5 Å². The van der Waals surface area contributed by atoms with Crippen molar-refractivity contribution in [1.29, 1.82) is 21.6 Å². The maximum absolute atomic E-state index is 7.40. The van der Waals surface area contributed by atoms with Crippen LogP contribution in [0.4, 0.5) is 0 Å². The van der Waals surface area contributed by atoms with Crippen LogP contribution < -0.4 is 32.7 Å². The van der Waals surface area contributed by atoms with Crippen LogP contribution >= 0.6 is 0 Å². The molecule has 0 aliphatic heterocycles. The third-order valence-electron chi connectivity index (χ3n) is 1.56. The molecule has 0 aromatic carbocycles. The molecule has 0 aromatic heterocycles. The summed E-state index contributed by atoms with van der Waals surface area (Å²) in [4.78, 5) is 0. The summed E-state index contributed by atoms with van der Waals surface area (Å²) in [5.41, 5.74) is 10.1. The minimum absolute atomic E-state index is 0.160. The molecule has 10 heteroatoms. The van der Waals surface area contributed by atoms with Crippen LogP contribution in [0, 0.1) is 21.6 Å². The fourth-order valence-corrected chi connectivity index (χ4v) is 0.930. The lowest BCUT2D eigenvalue weighted by Crippen LogP contribution is -2.56. The monoisotopic (exact) mass is 242 g/mol. The van der Waals surface area contributed by atoms with Crippen LogP contribution in [0.2, 0.25) is 0 Å². The van der Waals surface area contributed by atoms with Crippen LogP contribution in [0.1, 0.15) is 13.3 Å². The molecule has 0 spiro atoms. The summed E-state index contributed by atoms with van der Waals surface area (Å²) in [6.45, 7) is 1.83. The Morgan fingerprint density at radius 2 is 1.29 bits per heavy atom. The number of hydrogen-bond acceptors (Lipinski definition) is 4. The van der Waals surface area contributed by atoms with E-state index in [9.17, 15) is 0 Å². The molecule has 0 aliphatic rings. The number of rotatable bonds is 3. The van der Waals surface area contributed by atoms with Gasteiger partial charge in [0.2, 0.25) is 0 Å². The van der Waals surface area contributed by atoms with Gasteiger partial charge in [0, 0.05) is 0 Å². The van der Waals surface area contributed by atoms with Gasteiger partial charge in [-0.25, -0.2) is 0 Å². The Morgan fingerprint density at radius 3 is 1.53 bits per heavy atom. The lowest BCUT2D eigenvalue weighted by molar-refractivity contribution is 0.542. The molecule has 17 heavy (non-hydrogen) atoms. The average molecular weight is 242 g/mol. The molecule has 0 saturated carbocycles. The van der Waals surface area contributed by atoms with Gasteiger partial charge in [-0.2, -0.15) is 0 Å². The molecule has 0 heterocycles. The first kappa shape index (κ1) is 14.5. The molecule has 0 aromatic rings. The summed E-state index contributed by atoms with van der Waals surface area (Å²) < 4.78 is 0. The molecule has 0 bridgehead atoms. The van der Waals surface area contributed by atoms with E-state index in [0.29, 0.717) is 6.42 Å². The molecular weight excluding hydrogens is 224 g/mol. The van der Waals surface area contributed by atoms with Gasteiger partial charge in [0.05, 0.1) is 0 Å². The highest BCUT2D eigenvalue weighted by molar-refractivity contribution is 5.96. The van der Waals surface area contributed by atoms with E-state index in [2.05, 4.69) is 21.3 Å². The first-order valence-electron chi connectivity index (χ1n) is 4.77. The van der Waals surface area contributed by atoms with Crippen LogP contribution in [0.3, 0.4) is 0 Å². The maximum Gasteiger partial charge on any atom is 0.196 e. The van der Waals surface area contributed by atoms with E-state index in [0.717, 1.165) is 0 Å². The van der Waals surface area contributed by atoms with Gasteiger partial charge >= 0.3 is 0 Å². The number of guanidine groups is 4. The highest BCUT2D eigenvalue weighted by atomic mass is 15.3. The van der Waals surface area contributed by atoms with Crippen LogP contribution in [-0.4, -0.2) is 30.0 Å². The molecule has 0 amide bonds. The second-order valence-electron chi connectivity index (χ2n) is 3.08. The molecule has 0 atom stereocenters. The maximum atomic E-state index is 7.40. The van der Waals surface area contributed by atoms with E-state index in [-0.39, 0.29) is 23.8 Å². The molecule has 12 N–H and O–H groups in total. The van der Waals surface area contributed by atoms with Crippen LogP contribution in [0.15, 0.2) is 0 Å². The second-order valence-corrected chi connectivity index (χ2v) is 3.08. The molecule has 0 saturated heterocycles. The standard InChI is InChI=1S/C7H18N10/c1-2-3(14-6(12)16-4(8)9)15-7(13)17-5(10)11/h3H,2H2,1H3,(H6,8,9,12,14,16)(H6,10,11,13,15,17). The van der Waals surface area contributed by atoms with Crippen molar-refractivity contribution in [1.82, 2.24) is 21.3 Å². The topological polar surface area (TPSA) is 196 Å². The summed E-state index contributed by atoms with van der Waals surface area (Å²) in [7, 11) is 0. The largest absolute Gasteiger partial charge is 0.370 e. The summed E-state index contributed by atoms with van der Waals surface area (Å²) >= 11 is 0. The third kappa shape index (κ3) is 7.41. The zero-order valence-corrected chi connectivity index (χ0v) is 9.44. The summed E-state index contributed by atoms with van der Waals surface area (Å²) in [6, 6.07) is 0. The third-order valence-corrected chi connectivity index (χ3v) is 1.56. The van der Waals surface area contributed by atoms with E-state index in [4.69, 9.17) is 33.1 Å². The predicted octanol–water partition coefficient (Wildman–Crippen LogP) is -2.26. The smallest absolute Gasteiger partial charge is 0.196 e. The van der Waals surface area contributed by atoms with Gasteiger partial charge < -0.3 is 22.1 Å². The summed E-state index contributed by atoms with van der Waals surface area (Å²) in [6.07, 6.45) is 0.137. The Balaban J connectivity index is 4.15. The summed E-state index contributed by atoms with van der Waals surface area (Å²) in [5.74, 6) is -1.02. The second kappa shape index (κ2) is 6.87. The zero-order chi connectivity index (χ0) is 13.4. The van der Waals surface area contributed by atoms with Crippen molar-refractivity contribution in [2.45, 2.75) is 19.5 Å². The van der Waals surface area contributed by atoms with Gasteiger partial charge in [-0.05, 0) is 6.42 Å². The fraction of sp³-hybridized carbons (Fsp3) is 0.429. The number of nitrogens with two attached hydrogens (primary N) is 2. The Bertz CT molecular complexity index is 291. The van der Waals surface area contributed by atoms with Crippen molar-refractivity contribution >= 4 is 23.8 Å². The fourth-order valence-electron chi connectivity index (χ4n) is 0.930. The van der Waals surface area contributed by atoms with E-state index >= 15 is 0 Å². The van der Waals surface area contributed by atoms with Crippen molar-refractivity contribution in [2.24, 2.45) is 11.5 Å². The molecule has 0 rings (SSSR count). The first-order chi connectivity index (χ1) is 7.85. The number of nitrogens with one attached hydrogen (secondary N) is 8. The molecule has 0 fully saturated rings. The van der Waals surface area contributed by atoms with Crippen LogP contribution in [0.5, 0.6) is 0 Å². The van der Waals surface area contributed by atoms with Gasteiger partial charge in [-0.3, -0.25) is 32.3 Å². The van der Waals surface area contributed by atoms with Gasteiger partial charge in [0.15, 0.2) is 23.8 Å². The quantitative estimate of drug-likeness (QED) is 0.150. The van der Waals surface area contributed by atoms with Gasteiger partial charge in [-0.1, -0.05) is 6.92 Å². The normalized spacial score (nSPS) is 10.9. The van der Waals surface area contributed by atoms with Crippen molar-refractivity contribution < 1.29 is 0 Å². The minimum atomic E-state index is -0.423. The predicted molar refractivity (Wildman–Crippen MR) is 65.9 cm³/mol. The van der Waals surface area contributed by atoms with E-state index in [1.54, 1.807) is 0 Å². The van der Waals surface area contributed by atoms with E-state index in [1.165, 1.54) is 0 Å². The Hall–Kier alpha value is -2.52. The molecule has 96 valence electrons. The van der Waals surface area contributed by atoms with Crippen molar-refractivity contribution in [3.8, 4) is 0 Å². The van der Waals surface area contributed by atoms with Gasteiger partial charge in [0.25, 0.3) is 0 Å². The lowest BCUT2D eigenvalue weighted by Gasteiger charge is -2.21. The molecule has 0 aliphatic carbocycles. The van der Waals surface area contributed by atoms with Gasteiger partial charge in [0.1, 0.15) is 6.17 Å².